The molecule has 0 amide bonds. The molecule has 0 saturated carbocycles. The highest BCUT2D eigenvalue weighted by Crippen LogP contribution is 2.49. The predicted octanol–water partition coefficient (Wildman–Crippen LogP) is 3.43. The minimum absolute atomic E-state index is 0.0674. The third kappa shape index (κ3) is 3.80. The molecule has 1 aliphatic heterocycles. The van der Waals surface area contributed by atoms with Gasteiger partial charge in [-0.15, -0.1) is 0 Å². The Balaban J connectivity index is 2.51. The topological polar surface area (TPSA) is 54.0 Å². The number of methoxy groups -OCH3 is 2. The van der Waals surface area contributed by atoms with Crippen LogP contribution in [0.15, 0.2) is 12.1 Å². The number of hydrogen-bond donors (Lipinski definition) is 0. The molecule has 0 aromatic heterocycles. The normalized spacial score (nSPS) is 27.7. The molecular formula is C18H21F5O5. The van der Waals surface area contributed by atoms with Crippen molar-refractivity contribution in [3.05, 3.63) is 29.3 Å². The Labute approximate surface area is 158 Å². The Kier molecular flexibility index (Phi) is 6.55. The third-order valence-electron chi connectivity index (χ3n) is 4.82. The Morgan fingerprint density at radius 3 is 2.39 bits per heavy atom. The van der Waals surface area contributed by atoms with Crippen molar-refractivity contribution in [2.75, 3.05) is 20.8 Å². The average Bonchev–Trinajstić information content (AvgIpc) is 2.91. The summed E-state index contributed by atoms with van der Waals surface area (Å²) in [6.45, 7) is 2.20. The molecule has 158 valence electrons. The fourth-order valence-electron chi connectivity index (χ4n) is 3.48. The monoisotopic (exact) mass is 412 g/mol. The number of alkyl halides is 3. The Morgan fingerprint density at radius 1 is 1.25 bits per heavy atom. The zero-order valence-corrected chi connectivity index (χ0v) is 15.7. The van der Waals surface area contributed by atoms with Gasteiger partial charge in [0.2, 0.25) is 5.82 Å². The molecule has 0 N–H and O–H groups in total. The Bertz CT molecular complexity index is 723. The lowest BCUT2D eigenvalue weighted by atomic mass is 9.84. The number of carbonyl (C=O) groups is 1. The van der Waals surface area contributed by atoms with Crippen molar-refractivity contribution in [2.45, 2.75) is 44.3 Å². The van der Waals surface area contributed by atoms with Gasteiger partial charge in [0.25, 0.3) is 0 Å². The van der Waals surface area contributed by atoms with Crippen molar-refractivity contribution in [1.82, 2.24) is 0 Å². The van der Waals surface area contributed by atoms with Gasteiger partial charge < -0.3 is 18.9 Å². The number of halogens is 5. The fraction of sp³-hybridized carbons (Fsp3) is 0.611. The summed E-state index contributed by atoms with van der Waals surface area (Å²) in [6, 6.07) is 2.00. The van der Waals surface area contributed by atoms with Gasteiger partial charge in [-0.1, -0.05) is 6.07 Å². The molecule has 0 aliphatic carbocycles. The molecule has 0 unspecified atom stereocenters. The summed E-state index contributed by atoms with van der Waals surface area (Å²) in [6.07, 6.45) is -8.37. The van der Waals surface area contributed by atoms with E-state index in [1.807, 2.05) is 0 Å². The van der Waals surface area contributed by atoms with Crippen LogP contribution in [0.1, 0.15) is 19.4 Å². The summed E-state index contributed by atoms with van der Waals surface area (Å²) in [5.41, 5.74) is -2.73. The molecule has 1 aromatic rings. The van der Waals surface area contributed by atoms with Gasteiger partial charge >= 0.3 is 12.1 Å². The van der Waals surface area contributed by atoms with E-state index in [4.69, 9.17) is 18.9 Å². The summed E-state index contributed by atoms with van der Waals surface area (Å²) in [7, 11) is 2.16. The third-order valence-corrected chi connectivity index (χ3v) is 4.82. The van der Waals surface area contributed by atoms with Crippen LogP contribution in [-0.4, -0.2) is 50.8 Å². The average molecular weight is 412 g/mol. The lowest BCUT2D eigenvalue weighted by molar-refractivity contribution is -0.285. The van der Waals surface area contributed by atoms with E-state index in [0.29, 0.717) is 0 Å². The lowest BCUT2D eigenvalue weighted by Crippen LogP contribution is -2.52. The summed E-state index contributed by atoms with van der Waals surface area (Å²) >= 11 is 0. The largest absolute Gasteiger partial charge is 0.493 e. The van der Waals surface area contributed by atoms with Crippen LogP contribution in [0.5, 0.6) is 5.75 Å². The Hall–Kier alpha value is -1.94. The van der Waals surface area contributed by atoms with Gasteiger partial charge in [-0.05, 0) is 31.9 Å². The van der Waals surface area contributed by atoms with Crippen LogP contribution in [0.3, 0.4) is 0 Å². The second kappa shape index (κ2) is 8.20. The van der Waals surface area contributed by atoms with Crippen LogP contribution in [-0.2, 0) is 25.4 Å². The maximum Gasteiger partial charge on any atom is 0.419 e. The summed E-state index contributed by atoms with van der Waals surface area (Å²) in [5.74, 6) is -5.09. The van der Waals surface area contributed by atoms with E-state index < -0.39 is 53.3 Å². The van der Waals surface area contributed by atoms with E-state index in [9.17, 15) is 26.7 Å². The summed E-state index contributed by atoms with van der Waals surface area (Å²) < 4.78 is 88.4. The molecule has 1 aromatic carbocycles. The number of ether oxygens (including phenoxy) is 4. The van der Waals surface area contributed by atoms with Crippen LogP contribution >= 0.6 is 0 Å². The molecule has 1 heterocycles. The van der Waals surface area contributed by atoms with E-state index in [0.717, 1.165) is 27.2 Å². The second-order valence-corrected chi connectivity index (χ2v) is 6.47. The van der Waals surface area contributed by atoms with Gasteiger partial charge in [-0.3, -0.25) is 0 Å². The van der Waals surface area contributed by atoms with Crippen LogP contribution in [0.25, 0.3) is 0 Å². The molecule has 0 bridgehead atoms. The first kappa shape index (κ1) is 22.4. The number of hydrogen-bond acceptors (Lipinski definition) is 5. The second-order valence-electron chi connectivity index (χ2n) is 6.47. The number of rotatable bonds is 6. The van der Waals surface area contributed by atoms with Gasteiger partial charge in [0.1, 0.15) is 6.10 Å². The first-order valence-corrected chi connectivity index (χ1v) is 8.46. The van der Waals surface area contributed by atoms with Crippen LogP contribution in [0.2, 0.25) is 0 Å². The minimum Gasteiger partial charge on any atom is -0.493 e. The molecule has 4 atom stereocenters. The molecule has 5 nitrogen and oxygen atoms in total. The van der Waals surface area contributed by atoms with E-state index >= 15 is 0 Å². The Morgan fingerprint density at radius 2 is 1.89 bits per heavy atom. The molecule has 0 spiro atoms. The quantitative estimate of drug-likeness (QED) is 0.529. The fourth-order valence-corrected chi connectivity index (χ4v) is 3.48. The SMILES string of the molecule is CCOC(=O)[C@H]1O[C@@](C)(C(F)(F)F)[C@@H](OC)[C@H]1Cc1ccc(F)c(F)c1OC. The van der Waals surface area contributed by atoms with Crippen molar-refractivity contribution in [1.29, 1.82) is 0 Å². The van der Waals surface area contributed by atoms with E-state index in [-0.39, 0.29) is 18.6 Å². The van der Waals surface area contributed by atoms with Crippen molar-refractivity contribution in [3.63, 3.8) is 0 Å². The summed E-state index contributed by atoms with van der Waals surface area (Å²) in [4.78, 5) is 12.3. The molecule has 10 heteroatoms. The van der Waals surface area contributed by atoms with Gasteiger partial charge in [0.15, 0.2) is 23.3 Å². The number of carbonyl (C=O) groups excluding carboxylic acids is 1. The van der Waals surface area contributed by atoms with Crippen LogP contribution < -0.4 is 4.74 Å². The standard InChI is InChI=1S/C18H21F5O5/c1-5-27-16(24)14-10(15(26-4)17(2,28-14)18(21,22)23)8-9-6-7-11(19)12(20)13(9)25-3/h6-7,10,14-15H,5,8H2,1-4H3/t10-,14-,15-,17+/m0/s1. The molecule has 1 fully saturated rings. The molecule has 1 saturated heterocycles. The van der Waals surface area contributed by atoms with Gasteiger partial charge in [-0.2, -0.15) is 17.6 Å². The zero-order valence-electron chi connectivity index (χ0n) is 15.7. The number of esters is 1. The molecule has 0 radical (unpaired) electrons. The lowest BCUT2D eigenvalue weighted by Gasteiger charge is -2.32. The first-order chi connectivity index (χ1) is 13.0. The molecule has 2 rings (SSSR count). The van der Waals surface area contributed by atoms with Crippen molar-refractivity contribution in [2.24, 2.45) is 5.92 Å². The van der Waals surface area contributed by atoms with Gasteiger partial charge in [0.05, 0.1) is 13.7 Å². The molecule has 28 heavy (non-hydrogen) atoms. The van der Waals surface area contributed by atoms with Crippen LogP contribution in [0, 0.1) is 17.6 Å². The van der Waals surface area contributed by atoms with E-state index in [1.54, 1.807) is 0 Å². The predicted molar refractivity (Wildman–Crippen MR) is 86.9 cm³/mol. The highest BCUT2D eigenvalue weighted by molar-refractivity contribution is 5.76. The molecular weight excluding hydrogens is 391 g/mol. The smallest absolute Gasteiger partial charge is 0.419 e. The maximum atomic E-state index is 14.0. The van der Waals surface area contributed by atoms with Crippen LogP contribution in [0.4, 0.5) is 22.0 Å². The molecule has 1 aliphatic rings. The highest BCUT2D eigenvalue weighted by Gasteiger charge is 2.67. The zero-order chi connectivity index (χ0) is 21.3. The van der Waals surface area contributed by atoms with Gasteiger partial charge in [-0.25, -0.2) is 9.18 Å². The maximum absolute atomic E-state index is 14.0. The van der Waals surface area contributed by atoms with E-state index in [2.05, 4.69) is 0 Å². The van der Waals surface area contributed by atoms with Crippen molar-refractivity contribution in [3.8, 4) is 5.75 Å². The minimum atomic E-state index is -4.86. The van der Waals surface area contributed by atoms with Crippen molar-refractivity contribution < 1.29 is 45.7 Å². The first-order valence-electron chi connectivity index (χ1n) is 8.46. The summed E-state index contributed by atoms with van der Waals surface area (Å²) in [5, 5.41) is 0. The van der Waals surface area contributed by atoms with Crippen molar-refractivity contribution >= 4 is 5.97 Å². The van der Waals surface area contributed by atoms with Gasteiger partial charge in [0, 0.05) is 13.0 Å². The number of benzene rings is 1. The van der Waals surface area contributed by atoms with E-state index in [1.165, 1.54) is 13.0 Å². The highest BCUT2D eigenvalue weighted by atomic mass is 19.4.